The second-order valence-corrected chi connectivity index (χ2v) is 6.66. The van der Waals surface area contributed by atoms with Gasteiger partial charge in [-0.2, -0.15) is 4.98 Å². The van der Waals surface area contributed by atoms with Crippen LogP contribution in [0, 0.1) is 12.7 Å². The number of carbonyl (C=O) groups excluding carboxylic acids is 1. The Morgan fingerprint density at radius 2 is 1.63 bits per heavy atom. The Bertz CT molecular complexity index is 1140. The number of halogens is 1. The van der Waals surface area contributed by atoms with Gasteiger partial charge in [-0.3, -0.25) is 4.79 Å². The first-order chi connectivity index (χ1) is 14.6. The zero-order valence-corrected chi connectivity index (χ0v) is 16.1. The van der Waals surface area contributed by atoms with Crippen LogP contribution in [0.3, 0.4) is 0 Å². The number of carbonyl (C=O) groups is 1. The monoisotopic (exact) mass is 403 g/mol. The number of aromatic nitrogens is 2. The molecule has 0 saturated carbocycles. The van der Waals surface area contributed by atoms with Crippen LogP contribution in [0.1, 0.15) is 5.56 Å². The van der Waals surface area contributed by atoms with Gasteiger partial charge in [0, 0.05) is 16.8 Å². The van der Waals surface area contributed by atoms with Gasteiger partial charge in [-0.25, -0.2) is 4.39 Å². The maximum atomic E-state index is 12.9. The number of nitrogens with zero attached hydrogens (tertiary/aromatic N) is 2. The number of amides is 1. The molecule has 7 heteroatoms. The van der Waals surface area contributed by atoms with Crippen LogP contribution in [0.5, 0.6) is 5.75 Å². The Kier molecular flexibility index (Phi) is 5.52. The molecule has 1 amide bonds. The van der Waals surface area contributed by atoms with Crippen molar-refractivity contribution >= 4 is 11.6 Å². The summed E-state index contributed by atoms with van der Waals surface area (Å²) in [5, 5.41) is 6.76. The van der Waals surface area contributed by atoms with Gasteiger partial charge in [-0.1, -0.05) is 35.0 Å². The molecule has 0 fully saturated rings. The summed E-state index contributed by atoms with van der Waals surface area (Å²) in [4.78, 5) is 16.5. The van der Waals surface area contributed by atoms with Crippen LogP contribution >= 0.6 is 0 Å². The largest absolute Gasteiger partial charge is 0.484 e. The molecule has 0 unspecified atom stereocenters. The number of hydrogen-bond donors (Lipinski definition) is 1. The maximum absolute atomic E-state index is 12.9. The van der Waals surface area contributed by atoms with Crippen molar-refractivity contribution < 1.29 is 18.4 Å². The molecule has 0 atom stereocenters. The molecule has 30 heavy (non-hydrogen) atoms. The van der Waals surface area contributed by atoms with Crippen molar-refractivity contribution in [2.75, 3.05) is 11.9 Å². The Morgan fingerprint density at radius 1 is 0.967 bits per heavy atom. The minimum Gasteiger partial charge on any atom is -0.484 e. The molecule has 0 spiro atoms. The fraction of sp³-hybridized carbons (Fsp3) is 0.0870. The van der Waals surface area contributed by atoms with E-state index in [2.05, 4.69) is 15.5 Å². The lowest BCUT2D eigenvalue weighted by Crippen LogP contribution is -2.20. The van der Waals surface area contributed by atoms with E-state index in [1.165, 1.54) is 24.3 Å². The van der Waals surface area contributed by atoms with Crippen LogP contribution < -0.4 is 10.1 Å². The third-order valence-electron chi connectivity index (χ3n) is 4.33. The lowest BCUT2D eigenvalue weighted by atomic mass is 10.1. The highest BCUT2D eigenvalue weighted by Crippen LogP contribution is 2.23. The second-order valence-electron chi connectivity index (χ2n) is 6.66. The highest BCUT2D eigenvalue weighted by Gasteiger charge is 2.11. The molecule has 4 rings (SSSR count). The third-order valence-corrected chi connectivity index (χ3v) is 4.33. The van der Waals surface area contributed by atoms with Crippen LogP contribution in [0.25, 0.3) is 22.8 Å². The summed E-state index contributed by atoms with van der Waals surface area (Å²) in [6, 6.07) is 20.4. The Balaban J connectivity index is 1.36. The summed E-state index contributed by atoms with van der Waals surface area (Å²) in [5.74, 6) is 0.636. The molecular weight excluding hydrogens is 385 g/mol. The minimum atomic E-state index is -0.362. The number of nitrogens with one attached hydrogen (secondary N) is 1. The summed E-state index contributed by atoms with van der Waals surface area (Å²) < 4.78 is 23.6. The number of benzene rings is 3. The first-order valence-electron chi connectivity index (χ1n) is 9.26. The van der Waals surface area contributed by atoms with Crippen LogP contribution in [0.2, 0.25) is 0 Å². The van der Waals surface area contributed by atoms with Gasteiger partial charge >= 0.3 is 0 Å². The van der Waals surface area contributed by atoms with E-state index in [-0.39, 0.29) is 18.3 Å². The fourth-order valence-corrected chi connectivity index (χ4v) is 2.73. The highest BCUT2D eigenvalue weighted by molar-refractivity contribution is 5.92. The van der Waals surface area contributed by atoms with Crippen LogP contribution in [0.15, 0.2) is 77.3 Å². The Hall–Kier alpha value is -4.00. The topological polar surface area (TPSA) is 77.2 Å². The first kappa shape index (κ1) is 19.3. The summed E-state index contributed by atoms with van der Waals surface area (Å²) in [6.07, 6.45) is 0. The maximum Gasteiger partial charge on any atom is 0.262 e. The smallest absolute Gasteiger partial charge is 0.262 e. The second kappa shape index (κ2) is 8.57. The number of rotatable bonds is 6. The lowest BCUT2D eigenvalue weighted by Gasteiger charge is -2.07. The van der Waals surface area contributed by atoms with E-state index in [1.54, 1.807) is 24.3 Å². The molecule has 0 aliphatic rings. The molecule has 150 valence electrons. The molecule has 0 bridgehead atoms. The molecule has 0 radical (unpaired) electrons. The van der Waals surface area contributed by atoms with Crippen molar-refractivity contribution in [3.8, 4) is 28.6 Å². The van der Waals surface area contributed by atoms with Gasteiger partial charge < -0.3 is 14.6 Å². The third kappa shape index (κ3) is 4.70. The van der Waals surface area contributed by atoms with Crippen molar-refractivity contribution in [1.82, 2.24) is 10.1 Å². The van der Waals surface area contributed by atoms with E-state index >= 15 is 0 Å². The lowest BCUT2D eigenvalue weighted by molar-refractivity contribution is -0.118. The van der Waals surface area contributed by atoms with Gasteiger partial charge in [0.05, 0.1) is 0 Å². The van der Waals surface area contributed by atoms with E-state index in [0.29, 0.717) is 23.2 Å². The Labute approximate surface area is 172 Å². The van der Waals surface area contributed by atoms with Gasteiger partial charge in [0.1, 0.15) is 11.6 Å². The van der Waals surface area contributed by atoms with Crippen molar-refractivity contribution in [3.63, 3.8) is 0 Å². The summed E-state index contributed by atoms with van der Waals surface area (Å²) >= 11 is 0. The number of hydrogen-bond acceptors (Lipinski definition) is 5. The van der Waals surface area contributed by atoms with Crippen LogP contribution in [0.4, 0.5) is 10.1 Å². The van der Waals surface area contributed by atoms with E-state index < -0.39 is 0 Å². The number of aryl methyl sites for hydroxylation is 1. The SMILES string of the molecule is Cc1ccc(-c2noc(-c3ccc(NC(=O)COc4ccc(F)cc4)cc3)n2)cc1. The fourth-order valence-electron chi connectivity index (χ4n) is 2.73. The van der Waals surface area contributed by atoms with Crippen molar-refractivity contribution in [3.05, 3.63) is 84.2 Å². The zero-order valence-electron chi connectivity index (χ0n) is 16.1. The molecule has 4 aromatic rings. The predicted molar refractivity (Wildman–Crippen MR) is 110 cm³/mol. The average Bonchev–Trinajstić information content (AvgIpc) is 3.25. The molecule has 0 aliphatic carbocycles. The van der Waals surface area contributed by atoms with E-state index in [1.807, 2.05) is 31.2 Å². The quantitative estimate of drug-likeness (QED) is 0.497. The zero-order chi connectivity index (χ0) is 20.9. The van der Waals surface area contributed by atoms with Crippen LogP contribution in [-0.2, 0) is 4.79 Å². The Morgan fingerprint density at radius 3 is 2.33 bits per heavy atom. The minimum absolute atomic E-state index is 0.184. The van der Waals surface area contributed by atoms with Crippen molar-refractivity contribution in [1.29, 1.82) is 0 Å². The van der Waals surface area contributed by atoms with Gasteiger partial charge in [0.25, 0.3) is 11.8 Å². The average molecular weight is 403 g/mol. The van der Waals surface area contributed by atoms with E-state index in [0.717, 1.165) is 16.7 Å². The highest BCUT2D eigenvalue weighted by atomic mass is 19.1. The molecular formula is C23H18FN3O3. The molecule has 0 saturated heterocycles. The molecule has 3 aromatic carbocycles. The van der Waals surface area contributed by atoms with E-state index in [9.17, 15) is 9.18 Å². The van der Waals surface area contributed by atoms with Gasteiger partial charge in [-0.05, 0) is 55.5 Å². The number of anilines is 1. The standard InChI is InChI=1S/C23H18FN3O3/c1-15-2-4-16(5-3-15)22-26-23(30-27-22)17-6-10-19(11-7-17)25-21(28)14-29-20-12-8-18(24)9-13-20/h2-13H,14H2,1H3,(H,25,28). The summed E-state index contributed by atoms with van der Waals surface area (Å²) in [6.45, 7) is 1.83. The van der Waals surface area contributed by atoms with Crippen LogP contribution in [-0.4, -0.2) is 22.7 Å². The molecule has 6 nitrogen and oxygen atoms in total. The summed E-state index contributed by atoms with van der Waals surface area (Å²) in [7, 11) is 0. The molecule has 0 aliphatic heterocycles. The van der Waals surface area contributed by atoms with E-state index in [4.69, 9.17) is 9.26 Å². The normalized spacial score (nSPS) is 10.6. The summed E-state index contributed by atoms with van der Waals surface area (Å²) in [5.41, 5.74) is 3.37. The van der Waals surface area contributed by atoms with Crippen molar-refractivity contribution in [2.45, 2.75) is 6.92 Å². The number of ether oxygens (including phenoxy) is 1. The molecule has 1 aromatic heterocycles. The van der Waals surface area contributed by atoms with Gasteiger partial charge in [-0.15, -0.1) is 0 Å². The first-order valence-corrected chi connectivity index (χ1v) is 9.26. The van der Waals surface area contributed by atoms with Gasteiger partial charge in [0.2, 0.25) is 5.82 Å². The van der Waals surface area contributed by atoms with Gasteiger partial charge in [0.15, 0.2) is 6.61 Å². The van der Waals surface area contributed by atoms with Crippen molar-refractivity contribution in [2.24, 2.45) is 0 Å². The predicted octanol–water partition coefficient (Wildman–Crippen LogP) is 4.87. The molecule has 1 heterocycles. The molecule has 1 N–H and O–H groups in total.